The van der Waals surface area contributed by atoms with Gasteiger partial charge in [-0.25, -0.2) is 0 Å². The standard InChI is InChI=1S/C41H38N2S/c1-27(30-7-4-3-5-8-30)11-14-31-15-12-29(23-28(31)2)13-19-38(42)34-18-20-39-37(25-34)41-36(9-6-10-40(41)44-39)33-17-16-32-21-22-43-26-35(32)24-33/h3-22,24-25,27,37,39,43H,23,26,42H2,1-2H3/b14-11-,29-13-,38-19-. The van der Waals surface area contributed by atoms with Gasteiger partial charge in [0.25, 0.3) is 0 Å². The molecule has 2 nitrogen and oxygen atoms in total. The lowest BCUT2D eigenvalue weighted by molar-refractivity contribution is 0.858. The maximum absolute atomic E-state index is 6.72. The summed E-state index contributed by atoms with van der Waals surface area (Å²) in [5.74, 6) is 0.683. The fraction of sp³-hybridized carbons (Fsp3) is 0.171. The van der Waals surface area contributed by atoms with E-state index in [0.29, 0.717) is 17.1 Å². The Morgan fingerprint density at radius 3 is 2.75 bits per heavy atom. The number of nitrogens with one attached hydrogen (secondary N) is 1. The molecule has 0 aromatic heterocycles. The molecule has 2 aliphatic carbocycles. The van der Waals surface area contributed by atoms with Gasteiger partial charge in [0.1, 0.15) is 0 Å². The van der Waals surface area contributed by atoms with E-state index in [9.17, 15) is 0 Å². The van der Waals surface area contributed by atoms with Crippen LogP contribution in [0.5, 0.6) is 0 Å². The highest BCUT2D eigenvalue weighted by Gasteiger charge is 2.34. The molecule has 3 aromatic rings. The number of fused-ring (bicyclic) bond motifs is 4. The summed E-state index contributed by atoms with van der Waals surface area (Å²) in [6.07, 6.45) is 25.3. The predicted octanol–water partition coefficient (Wildman–Crippen LogP) is 9.89. The molecule has 0 bridgehead atoms. The van der Waals surface area contributed by atoms with Crippen molar-refractivity contribution in [3.63, 3.8) is 0 Å². The zero-order valence-corrected chi connectivity index (χ0v) is 26.2. The molecule has 218 valence electrons. The van der Waals surface area contributed by atoms with Crippen LogP contribution in [-0.2, 0) is 6.54 Å². The van der Waals surface area contributed by atoms with Crippen molar-refractivity contribution in [2.75, 3.05) is 0 Å². The fourth-order valence-electron chi connectivity index (χ4n) is 6.54. The lowest BCUT2D eigenvalue weighted by Crippen LogP contribution is -2.13. The first-order valence-electron chi connectivity index (χ1n) is 15.5. The number of benzene rings is 3. The Kier molecular flexibility index (Phi) is 7.89. The molecular formula is C41H38N2S. The molecule has 3 heteroatoms. The first-order valence-corrected chi connectivity index (χ1v) is 16.4. The average molecular weight is 591 g/mol. The average Bonchev–Trinajstić information content (AvgIpc) is 3.45. The van der Waals surface area contributed by atoms with Gasteiger partial charge >= 0.3 is 0 Å². The third-order valence-electron chi connectivity index (χ3n) is 9.11. The van der Waals surface area contributed by atoms with Crippen LogP contribution in [0.3, 0.4) is 0 Å². The molecule has 0 saturated carbocycles. The topological polar surface area (TPSA) is 38.0 Å². The third-order valence-corrected chi connectivity index (χ3v) is 10.4. The Labute approximate surface area is 265 Å². The highest BCUT2D eigenvalue weighted by Crippen LogP contribution is 2.52. The van der Waals surface area contributed by atoms with E-state index in [-0.39, 0.29) is 0 Å². The van der Waals surface area contributed by atoms with Crippen LogP contribution >= 0.6 is 11.8 Å². The Bertz CT molecular complexity index is 1840. The molecule has 2 heterocycles. The van der Waals surface area contributed by atoms with Crippen molar-refractivity contribution in [1.29, 1.82) is 0 Å². The Morgan fingerprint density at radius 2 is 1.89 bits per heavy atom. The minimum Gasteiger partial charge on any atom is -0.398 e. The normalized spacial score (nSPS) is 22.1. The molecule has 4 aliphatic rings. The van der Waals surface area contributed by atoms with Gasteiger partial charge in [-0.15, -0.1) is 11.8 Å². The first-order chi connectivity index (χ1) is 21.5. The van der Waals surface area contributed by atoms with E-state index in [1.54, 1.807) is 0 Å². The first kappa shape index (κ1) is 28.3. The van der Waals surface area contributed by atoms with Crippen LogP contribution in [0, 0.1) is 0 Å². The van der Waals surface area contributed by atoms with E-state index in [1.165, 1.54) is 55.0 Å². The van der Waals surface area contributed by atoms with Crippen LogP contribution in [0.2, 0.25) is 0 Å². The van der Waals surface area contributed by atoms with Crippen molar-refractivity contribution in [3.8, 4) is 11.1 Å². The van der Waals surface area contributed by atoms with E-state index in [4.69, 9.17) is 5.73 Å². The van der Waals surface area contributed by atoms with Gasteiger partial charge in [0.2, 0.25) is 0 Å². The summed E-state index contributed by atoms with van der Waals surface area (Å²) in [5, 5.41) is 3.75. The Hall–Kier alpha value is -4.47. The van der Waals surface area contributed by atoms with Gasteiger partial charge in [0.15, 0.2) is 0 Å². The largest absolute Gasteiger partial charge is 0.398 e. The number of allylic oxidation sites excluding steroid dienone is 11. The summed E-state index contributed by atoms with van der Waals surface area (Å²) < 4.78 is 0. The molecule has 7 rings (SSSR count). The molecule has 3 aromatic carbocycles. The van der Waals surface area contributed by atoms with Crippen LogP contribution in [0.25, 0.3) is 17.2 Å². The zero-order chi connectivity index (χ0) is 30.0. The second-order valence-corrected chi connectivity index (χ2v) is 13.3. The maximum atomic E-state index is 6.72. The summed E-state index contributed by atoms with van der Waals surface area (Å²) >= 11 is 1.97. The summed E-state index contributed by atoms with van der Waals surface area (Å²) in [4.78, 5) is 1.37. The van der Waals surface area contributed by atoms with Gasteiger partial charge in [0.05, 0.1) is 0 Å². The quantitative estimate of drug-likeness (QED) is 0.300. The Balaban J connectivity index is 1.09. The lowest BCUT2D eigenvalue weighted by atomic mass is 9.84. The van der Waals surface area contributed by atoms with Crippen LogP contribution in [0.1, 0.15) is 54.4 Å². The lowest BCUT2D eigenvalue weighted by Gasteiger charge is -2.21. The van der Waals surface area contributed by atoms with Gasteiger partial charge in [-0.2, -0.15) is 0 Å². The van der Waals surface area contributed by atoms with Crippen LogP contribution < -0.4 is 11.1 Å². The SMILES string of the molecule is CC1=C(/C=C\C(C)c2ccccc2)C=C/C(=C/C=C(\N)C2=CC3c4c(cccc4-c4ccc5c(c4)CNC=C5)SC3C=C2)C1. The van der Waals surface area contributed by atoms with Gasteiger partial charge in [0, 0.05) is 28.3 Å². The van der Waals surface area contributed by atoms with Crippen molar-refractivity contribution in [2.24, 2.45) is 5.73 Å². The number of nitrogens with two attached hydrogens (primary N) is 1. The third kappa shape index (κ3) is 5.73. The van der Waals surface area contributed by atoms with Crippen LogP contribution in [0.4, 0.5) is 0 Å². The molecule has 0 saturated heterocycles. The molecule has 44 heavy (non-hydrogen) atoms. The summed E-state index contributed by atoms with van der Waals surface area (Å²) in [5.41, 5.74) is 20.6. The Morgan fingerprint density at radius 1 is 1.00 bits per heavy atom. The van der Waals surface area contributed by atoms with Crippen LogP contribution in [-0.4, -0.2) is 5.25 Å². The number of thioether (sulfide) groups is 1. The van der Waals surface area contributed by atoms with Gasteiger partial charge in [-0.05, 0) is 99.8 Å². The van der Waals surface area contributed by atoms with E-state index in [0.717, 1.165) is 24.2 Å². The van der Waals surface area contributed by atoms with E-state index in [1.807, 2.05) is 18.0 Å². The van der Waals surface area contributed by atoms with Crippen molar-refractivity contribution < 1.29 is 0 Å². The van der Waals surface area contributed by atoms with Crippen molar-refractivity contribution in [1.82, 2.24) is 5.32 Å². The maximum Gasteiger partial charge on any atom is 0.0401 e. The van der Waals surface area contributed by atoms with Gasteiger partial charge in [-0.1, -0.05) is 116 Å². The molecule has 3 unspecified atom stereocenters. The number of hydrogen-bond donors (Lipinski definition) is 2. The number of hydrogen-bond acceptors (Lipinski definition) is 3. The summed E-state index contributed by atoms with van der Waals surface area (Å²) in [7, 11) is 0. The second-order valence-electron chi connectivity index (χ2n) is 12.1. The van der Waals surface area contributed by atoms with Crippen LogP contribution in [0.15, 0.2) is 160 Å². The molecule has 0 spiro atoms. The van der Waals surface area contributed by atoms with Gasteiger partial charge in [-0.3, -0.25) is 0 Å². The molecule has 3 N–H and O–H groups in total. The zero-order valence-electron chi connectivity index (χ0n) is 25.3. The molecule has 0 amide bonds. The summed E-state index contributed by atoms with van der Waals surface area (Å²) in [6, 6.07) is 24.3. The highest BCUT2D eigenvalue weighted by atomic mass is 32.2. The molecule has 0 radical (unpaired) electrons. The fourth-order valence-corrected chi connectivity index (χ4v) is 7.88. The highest BCUT2D eigenvalue weighted by molar-refractivity contribution is 8.00. The summed E-state index contributed by atoms with van der Waals surface area (Å²) in [6.45, 7) is 5.35. The smallest absolute Gasteiger partial charge is 0.0401 e. The molecule has 3 atom stereocenters. The monoisotopic (exact) mass is 590 g/mol. The molecule has 0 fully saturated rings. The van der Waals surface area contributed by atoms with E-state index in [2.05, 4.69) is 147 Å². The van der Waals surface area contributed by atoms with Crippen molar-refractivity contribution in [2.45, 2.75) is 48.8 Å². The molecule has 2 aliphatic heterocycles. The minimum atomic E-state index is 0.298. The number of rotatable bonds is 6. The van der Waals surface area contributed by atoms with Gasteiger partial charge < -0.3 is 11.1 Å². The van der Waals surface area contributed by atoms with Crippen molar-refractivity contribution >= 4 is 17.8 Å². The molecular weight excluding hydrogens is 553 g/mol. The second kappa shape index (κ2) is 12.3. The van der Waals surface area contributed by atoms with E-state index >= 15 is 0 Å². The van der Waals surface area contributed by atoms with E-state index < -0.39 is 0 Å². The predicted molar refractivity (Wildman–Crippen MR) is 188 cm³/mol. The minimum absolute atomic E-state index is 0.298. The van der Waals surface area contributed by atoms with Crippen molar-refractivity contribution in [3.05, 3.63) is 178 Å².